The monoisotopic (exact) mass is 385 g/mol. The number of nitrogens with two attached hydrogens (primary N) is 1. The zero-order valence-electron chi connectivity index (χ0n) is 13.8. The molecule has 1 aromatic heterocycles. The molecule has 1 aromatic carbocycles. The Bertz CT molecular complexity index is 784. The molecule has 0 saturated heterocycles. The van der Waals surface area contributed by atoms with Gasteiger partial charge >= 0.3 is 6.61 Å². The standard InChI is InChI=1S/C15H17F2N5O3S/c1-22-12(7-6-11(18)23)20-21-15(22)26-8-13(24)19-9-4-2-3-5-10(9)25-14(16)17/h2-5,14H,6-8H2,1H3,(H2,18,23)(H,19,24). The molecule has 0 unspecified atom stereocenters. The van der Waals surface area contributed by atoms with Crippen molar-refractivity contribution in [2.45, 2.75) is 24.6 Å². The Hall–Kier alpha value is -2.69. The lowest BCUT2D eigenvalue weighted by Gasteiger charge is -2.11. The van der Waals surface area contributed by atoms with Crippen molar-refractivity contribution < 1.29 is 23.1 Å². The number of alkyl halides is 2. The van der Waals surface area contributed by atoms with Crippen molar-refractivity contribution in [3.05, 3.63) is 30.1 Å². The fraction of sp³-hybridized carbons (Fsp3) is 0.333. The molecule has 140 valence electrons. The van der Waals surface area contributed by atoms with E-state index in [1.807, 2.05) is 0 Å². The van der Waals surface area contributed by atoms with E-state index >= 15 is 0 Å². The number of carbonyl (C=O) groups excluding carboxylic acids is 2. The molecule has 26 heavy (non-hydrogen) atoms. The van der Waals surface area contributed by atoms with Gasteiger partial charge in [-0.15, -0.1) is 10.2 Å². The number of aryl methyl sites for hydroxylation is 1. The molecule has 2 aromatic rings. The van der Waals surface area contributed by atoms with Gasteiger partial charge in [0.1, 0.15) is 11.6 Å². The summed E-state index contributed by atoms with van der Waals surface area (Å²) in [7, 11) is 1.71. The summed E-state index contributed by atoms with van der Waals surface area (Å²) in [5, 5.41) is 10.9. The van der Waals surface area contributed by atoms with Crippen LogP contribution >= 0.6 is 11.8 Å². The van der Waals surface area contributed by atoms with E-state index in [9.17, 15) is 18.4 Å². The topological polar surface area (TPSA) is 112 Å². The number of anilines is 1. The van der Waals surface area contributed by atoms with Crippen LogP contribution in [0.15, 0.2) is 29.4 Å². The molecule has 1 heterocycles. The molecule has 3 N–H and O–H groups in total. The van der Waals surface area contributed by atoms with Crippen LogP contribution in [0.1, 0.15) is 12.2 Å². The van der Waals surface area contributed by atoms with Crippen LogP contribution in [0.25, 0.3) is 0 Å². The predicted octanol–water partition coefficient (Wildman–Crippen LogP) is 1.57. The Kier molecular flexibility index (Phi) is 6.89. The summed E-state index contributed by atoms with van der Waals surface area (Å²) in [4.78, 5) is 22.9. The van der Waals surface area contributed by atoms with Crippen LogP contribution in [0.3, 0.4) is 0 Å². The van der Waals surface area contributed by atoms with Crippen LogP contribution in [0, 0.1) is 0 Å². The molecular formula is C15H17F2N5O3S. The average Bonchev–Trinajstić information content (AvgIpc) is 2.92. The number of aromatic nitrogens is 3. The van der Waals surface area contributed by atoms with Crippen molar-refractivity contribution in [3.63, 3.8) is 0 Å². The van der Waals surface area contributed by atoms with Crippen molar-refractivity contribution in [2.24, 2.45) is 12.8 Å². The molecule has 0 fully saturated rings. The summed E-state index contributed by atoms with van der Waals surface area (Å²) < 4.78 is 30.8. The first kappa shape index (κ1) is 19.6. The molecule has 0 saturated carbocycles. The van der Waals surface area contributed by atoms with Gasteiger partial charge in [0.25, 0.3) is 0 Å². The number of hydrogen-bond acceptors (Lipinski definition) is 6. The van der Waals surface area contributed by atoms with E-state index in [1.54, 1.807) is 17.7 Å². The lowest BCUT2D eigenvalue weighted by Crippen LogP contribution is -2.16. The van der Waals surface area contributed by atoms with Crippen molar-refractivity contribution in [1.29, 1.82) is 0 Å². The smallest absolute Gasteiger partial charge is 0.387 e. The molecule has 0 atom stereocenters. The quantitative estimate of drug-likeness (QED) is 0.634. The van der Waals surface area contributed by atoms with Gasteiger partial charge in [-0.1, -0.05) is 23.9 Å². The van der Waals surface area contributed by atoms with Gasteiger partial charge in [0.15, 0.2) is 5.16 Å². The summed E-state index contributed by atoms with van der Waals surface area (Å²) in [6, 6.07) is 5.91. The maximum atomic E-state index is 12.4. The molecule has 0 bridgehead atoms. The molecule has 2 rings (SSSR count). The summed E-state index contributed by atoms with van der Waals surface area (Å²) in [5.74, 6) is -0.408. The number of ether oxygens (including phenoxy) is 1. The first-order chi connectivity index (χ1) is 12.4. The number of para-hydroxylation sites is 2. The second-order valence-electron chi connectivity index (χ2n) is 5.14. The van der Waals surface area contributed by atoms with Gasteiger partial charge in [0, 0.05) is 19.9 Å². The number of hydrogen-bond donors (Lipinski definition) is 2. The van der Waals surface area contributed by atoms with Crippen LogP contribution in [0.2, 0.25) is 0 Å². The lowest BCUT2D eigenvalue weighted by molar-refractivity contribution is -0.118. The van der Waals surface area contributed by atoms with Crippen molar-refractivity contribution in [1.82, 2.24) is 14.8 Å². The van der Waals surface area contributed by atoms with Crippen LogP contribution in [-0.2, 0) is 23.1 Å². The zero-order chi connectivity index (χ0) is 19.1. The van der Waals surface area contributed by atoms with E-state index in [1.165, 1.54) is 18.2 Å². The summed E-state index contributed by atoms with van der Waals surface area (Å²) >= 11 is 1.12. The van der Waals surface area contributed by atoms with Gasteiger partial charge in [0.2, 0.25) is 11.8 Å². The number of nitrogens with one attached hydrogen (secondary N) is 1. The number of carbonyl (C=O) groups is 2. The zero-order valence-corrected chi connectivity index (χ0v) is 14.6. The number of halogens is 2. The number of primary amides is 1. The number of nitrogens with zero attached hydrogens (tertiary/aromatic N) is 3. The van der Waals surface area contributed by atoms with E-state index in [4.69, 9.17) is 5.73 Å². The van der Waals surface area contributed by atoms with E-state index in [2.05, 4.69) is 20.3 Å². The Morgan fingerprint density at radius 1 is 1.35 bits per heavy atom. The van der Waals surface area contributed by atoms with Gasteiger partial charge < -0.3 is 20.4 Å². The summed E-state index contributed by atoms with van der Waals surface area (Å²) in [5.41, 5.74) is 5.25. The van der Waals surface area contributed by atoms with Crippen molar-refractivity contribution in [2.75, 3.05) is 11.1 Å². The maximum absolute atomic E-state index is 12.4. The highest BCUT2D eigenvalue weighted by molar-refractivity contribution is 7.99. The fourth-order valence-electron chi connectivity index (χ4n) is 2.01. The Labute approximate surface area is 152 Å². The minimum atomic E-state index is -2.99. The largest absolute Gasteiger partial charge is 0.433 e. The first-order valence-corrected chi connectivity index (χ1v) is 8.48. The third kappa shape index (κ3) is 5.69. The molecule has 11 heteroatoms. The van der Waals surface area contributed by atoms with Gasteiger partial charge in [-0.3, -0.25) is 9.59 Å². The number of rotatable bonds is 9. The molecular weight excluding hydrogens is 368 g/mol. The van der Waals surface area contributed by atoms with E-state index < -0.39 is 18.4 Å². The maximum Gasteiger partial charge on any atom is 0.387 e. The van der Waals surface area contributed by atoms with Gasteiger partial charge in [-0.25, -0.2) is 0 Å². The second-order valence-corrected chi connectivity index (χ2v) is 6.08. The number of benzene rings is 1. The van der Waals surface area contributed by atoms with Crippen molar-refractivity contribution in [3.8, 4) is 5.75 Å². The molecule has 0 spiro atoms. The van der Waals surface area contributed by atoms with E-state index in [0.717, 1.165) is 11.8 Å². The van der Waals surface area contributed by atoms with Gasteiger partial charge in [0.05, 0.1) is 11.4 Å². The minimum Gasteiger partial charge on any atom is -0.433 e. The predicted molar refractivity (Wildman–Crippen MR) is 90.9 cm³/mol. The Morgan fingerprint density at radius 2 is 2.08 bits per heavy atom. The van der Waals surface area contributed by atoms with Crippen LogP contribution < -0.4 is 15.8 Å². The normalized spacial score (nSPS) is 10.8. The van der Waals surface area contributed by atoms with Crippen molar-refractivity contribution >= 4 is 29.3 Å². The lowest BCUT2D eigenvalue weighted by atomic mass is 10.3. The molecule has 8 nitrogen and oxygen atoms in total. The molecule has 0 radical (unpaired) electrons. The third-order valence-corrected chi connectivity index (χ3v) is 4.25. The van der Waals surface area contributed by atoms with Gasteiger partial charge in [-0.2, -0.15) is 8.78 Å². The minimum absolute atomic E-state index is 0.00912. The highest BCUT2D eigenvalue weighted by atomic mass is 32.2. The molecule has 0 aliphatic rings. The second kappa shape index (κ2) is 9.13. The van der Waals surface area contributed by atoms with Gasteiger partial charge in [-0.05, 0) is 12.1 Å². The first-order valence-electron chi connectivity index (χ1n) is 7.50. The highest BCUT2D eigenvalue weighted by Gasteiger charge is 2.14. The van der Waals surface area contributed by atoms with E-state index in [0.29, 0.717) is 17.4 Å². The Morgan fingerprint density at radius 3 is 2.77 bits per heavy atom. The highest BCUT2D eigenvalue weighted by Crippen LogP contribution is 2.26. The average molecular weight is 385 g/mol. The van der Waals surface area contributed by atoms with Crippen LogP contribution in [0.4, 0.5) is 14.5 Å². The molecule has 2 amide bonds. The SMILES string of the molecule is Cn1c(CCC(N)=O)nnc1SCC(=O)Nc1ccccc1OC(F)F. The molecule has 0 aliphatic carbocycles. The Balaban J connectivity index is 1.93. The van der Waals surface area contributed by atoms with E-state index in [-0.39, 0.29) is 23.6 Å². The molecule has 0 aliphatic heterocycles. The fourth-order valence-corrected chi connectivity index (χ4v) is 2.74. The number of thioether (sulfide) groups is 1. The number of amides is 2. The summed E-state index contributed by atoms with van der Waals surface area (Å²) in [6.07, 6.45) is 0.502. The van der Waals surface area contributed by atoms with Crippen LogP contribution in [0.5, 0.6) is 5.75 Å². The van der Waals surface area contributed by atoms with Crippen LogP contribution in [-0.4, -0.2) is 38.9 Å². The summed E-state index contributed by atoms with van der Waals surface area (Å²) in [6.45, 7) is -2.99. The third-order valence-electron chi connectivity index (χ3n) is 3.23.